The van der Waals surface area contributed by atoms with Gasteiger partial charge in [-0.05, 0) is 63.8 Å². The second kappa shape index (κ2) is 8.09. The highest BCUT2D eigenvalue weighted by Gasteiger charge is 2.50. The van der Waals surface area contributed by atoms with Crippen molar-refractivity contribution < 1.29 is 4.79 Å². The van der Waals surface area contributed by atoms with Gasteiger partial charge in [-0.2, -0.15) is 0 Å². The number of nitrogens with one attached hydrogen (secondary N) is 1. The zero-order chi connectivity index (χ0) is 24.3. The molecule has 3 aromatic rings. The van der Waals surface area contributed by atoms with E-state index >= 15 is 0 Å². The number of hydrogen-bond donors (Lipinski definition) is 1. The van der Waals surface area contributed by atoms with E-state index in [0.29, 0.717) is 12.2 Å². The molecule has 3 aromatic carbocycles. The van der Waals surface area contributed by atoms with E-state index in [9.17, 15) is 4.79 Å². The Morgan fingerprint density at radius 2 is 1.80 bits per heavy atom. The van der Waals surface area contributed by atoms with Gasteiger partial charge in [0.25, 0.3) is 0 Å². The van der Waals surface area contributed by atoms with Crippen LogP contribution in [0.4, 0.5) is 5.69 Å². The van der Waals surface area contributed by atoms with E-state index in [4.69, 9.17) is 0 Å². The van der Waals surface area contributed by atoms with Gasteiger partial charge in [0, 0.05) is 23.9 Å². The highest BCUT2D eigenvalue weighted by Crippen LogP contribution is 2.54. The van der Waals surface area contributed by atoms with Crippen molar-refractivity contribution in [3.8, 4) is 0 Å². The van der Waals surface area contributed by atoms with Crippen LogP contribution in [0.1, 0.15) is 62.1 Å². The first kappa shape index (κ1) is 22.1. The molecule has 1 aliphatic heterocycles. The van der Waals surface area contributed by atoms with E-state index in [0.717, 1.165) is 12.0 Å². The predicted octanol–water partition coefficient (Wildman–Crippen LogP) is 8.04. The summed E-state index contributed by atoms with van der Waals surface area (Å²) in [5, 5.41) is 6.40. The SMILES string of the molecule is C=C(C)c1ccc(C2C=CC=C2C2Nc3ccc4ccccc4c3C3CC(C)(C)CC(=O)C23)cc1. The van der Waals surface area contributed by atoms with Crippen molar-refractivity contribution in [2.75, 3.05) is 5.32 Å². The summed E-state index contributed by atoms with van der Waals surface area (Å²) < 4.78 is 0. The molecule has 1 fully saturated rings. The molecule has 0 spiro atoms. The number of carbonyl (C=O) groups is 1. The molecule has 2 heteroatoms. The molecule has 1 N–H and O–H groups in total. The highest BCUT2D eigenvalue weighted by atomic mass is 16.1. The van der Waals surface area contributed by atoms with Crippen molar-refractivity contribution in [3.05, 3.63) is 108 Å². The molecule has 0 aromatic heterocycles. The van der Waals surface area contributed by atoms with Crippen LogP contribution in [0.15, 0.2) is 91.0 Å². The lowest BCUT2D eigenvalue weighted by Crippen LogP contribution is -2.49. The number of ketones is 1. The van der Waals surface area contributed by atoms with Gasteiger partial charge in [0.05, 0.1) is 6.04 Å². The van der Waals surface area contributed by atoms with Gasteiger partial charge in [0.1, 0.15) is 5.78 Å². The normalized spacial score (nSPS) is 26.6. The number of rotatable bonds is 3. The van der Waals surface area contributed by atoms with Crippen molar-refractivity contribution in [3.63, 3.8) is 0 Å². The molecule has 176 valence electrons. The Bertz CT molecular complexity index is 1400. The maximum Gasteiger partial charge on any atom is 0.139 e. The maximum absolute atomic E-state index is 13.8. The minimum atomic E-state index is -0.0512. The van der Waals surface area contributed by atoms with Crippen molar-refractivity contribution >= 4 is 27.8 Å². The zero-order valence-corrected chi connectivity index (χ0v) is 20.8. The molecule has 0 bridgehead atoms. The number of carbonyl (C=O) groups excluding carboxylic acids is 1. The summed E-state index contributed by atoms with van der Waals surface area (Å²) in [7, 11) is 0. The minimum absolute atomic E-state index is 0.00178. The number of fused-ring (bicyclic) bond motifs is 5. The fourth-order valence-electron chi connectivity index (χ4n) is 6.75. The lowest BCUT2D eigenvalue weighted by Gasteiger charge is -2.48. The number of benzene rings is 3. The van der Waals surface area contributed by atoms with E-state index in [1.165, 1.54) is 38.7 Å². The standard InChI is InChI=1S/C33H33NO/c1-20(2)21-12-14-23(15-13-21)24-10-7-11-26(24)32-31-27(18-33(3,4)19-29(31)35)30-25-9-6-5-8-22(25)16-17-28(30)34-32/h5-17,24,27,31-32,34H,1,18-19H2,2-4H3. The van der Waals surface area contributed by atoms with Crippen molar-refractivity contribution in [1.82, 2.24) is 0 Å². The van der Waals surface area contributed by atoms with Crippen molar-refractivity contribution in [1.29, 1.82) is 0 Å². The average Bonchev–Trinajstić information content (AvgIpc) is 3.32. The number of Topliss-reactive ketones (excluding diaryl/α,β-unsaturated/α-hetero) is 1. The van der Waals surface area contributed by atoms with Crippen LogP contribution in [-0.4, -0.2) is 11.8 Å². The molecule has 3 aliphatic rings. The van der Waals surface area contributed by atoms with Gasteiger partial charge < -0.3 is 5.32 Å². The Morgan fingerprint density at radius 3 is 2.57 bits per heavy atom. The molecule has 1 heterocycles. The molecular weight excluding hydrogens is 426 g/mol. The maximum atomic E-state index is 13.8. The minimum Gasteiger partial charge on any atom is -0.378 e. The van der Waals surface area contributed by atoms with E-state index in [-0.39, 0.29) is 29.2 Å². The summed E-state index contributed by atoms with van der Waals surface area (Å²) in [5.41, 5.74) is 7.34. The summed E-state index contributed by atoms with van der Waals surface area (Å²) in [6.45, 7) is 10.6. The van der Waals surface area contributed by atoms with Crippen LogP contribution < -0.4 is 5.32 Å². The summed E-state index contributed by atoms with van der Waals surface area (Å²) in [6.07, 6.45) is 8.35. The van der Waals surface area contributed by atoms with Crippen LogP contribution in [0.5, 0.6) is 0 Å². The Morgan fingerprint density at radius 1 is 1.03 bits per heavy atom. The van der Waals surface area contributed by atoms with Crippen LogP contribution in [0, 0.1) is 11.3 Å². The van der Waals surface area contributed by atoms with Gasteiger partial charge >= 0.3 is 0 Å². The monoisotopic (exact) mass is 459 g/mol. The Kier molecular flexibility index (Phi) is 5.11. The van der Waals surface area contributed by atoms with Crippen molar-refractivity contribution in [2.24, 2.45) is 11.3 Å². The number of hydrogen-bond acceptors (Lipinski definition) is 2. The third-order valence-electron chi connectivity index (χ3n) is 8.32. The Labute approximate surface area is 208 Å². The lowest BCUT2D eigenvalue weighted by molar-refractivity contribution is -0.129. The Balaban J connectivity index is 1.45. The molecule has 0 saturated heterocycles. The first-order valence-corrected chi connectivity index (χ1v) is 12.8. The molecule has 1 saturated carbocycles. The largest absolute Gasteiger partial charge is 0.378 e. The van der Waals surface area contributed by atoms with E-state index in [2.05, 4.69) is 105 Å². The second-order valence-corrected chi connectivity index (χ2v) is 11.4. The molecule has 35 heavy (non-hydrogen) atoms. The molecule has 4 unspecified atom stereocenters. The Hall–Kier alpha value is -3.39. The molecule has 0 amide bonds. The lowest BCUT2D eigenvalue weighted by atomic mass is 9.59. The van der Waals surface area contributed by atoms with Crippen LogP contribution in [0.3, 0.4) is 0 Å². The fraction of sp³-hybridized carbons (Fsp3) is 0.303. The quantitative estimate of drug-likeness (QED) is 0.429. The summed E-state index contributed by atoms with van der Waals surface area (Å²) in [6, 6.07) is 21.8. The predicted molar refractivity (Wildman–Crippen MR) is 147 cm³/mol. The first-order chi connectivity index (χ1) is 16.8. The molecule has 2 nitrogen and oxygen atoms in total. The first-order valence-electron chi connectivity index (χ1n) is 12.8. The smallest absolute Gasteiger partial charge is 0.139 e. The number of allylic oxidation sites excluding steroid dienone is 4. The van der Waals surface area contributed by atoms with Crippen LogP contribution in [0.2, 0.25) is 0 Å². The van der Waals surface area contributed by atoms with Crippen molar-refractivity contribution in [2.45, 2.75) is 51.5 Å². The van der Waals surface area contributed by atoms with Gasteiger partial charge in [0.2, 0.25) is 0 Å². The molecule has 6 rings (SSSR count). The third kappa shape index (κ3) is 3.67. The molecule has 4 atom stereocenters. The van der Waals surface area contributed by atoms with Gasteiger partial charge in [-0.25, -0.2) is 0 Å². The second-order valence-electron chi connectivity index (χ2n) is 11.4. The molecular formula is C33H33NO. The van der Waals surface area contributed by atoms with Crippen LogP contribution in [0.25, 0.3) is 16.3 Å². The summed E-state index contributed by atoms with van der Waals surface area (Å²) in [5.74, 6) is 0.736. The fourth-order valence-corrected chi connectivity index (χ4v) is 6.75. The average molecular weight is 460 g/mol. The highest BCUT2D eigenvalue weighted by molar-refractivity contribution is 5.95. The zero-order valence-electron chi connectivity index (χ0n) is 20.8. The van der Waals surface area contributed by atoms with Crippen LogP contribution >= 0.6 is 0 Å². The van der Waals surface area contributed by atoms with Gasteiger partial charge in [-0.15, -0.1) is 0 Å². The third-order valence-corrected chi connectivity index (χ3v) is 8.32. The van der Waals surface area contributed by atoms with E-state index in [1.54, 1.807) is 0 Å². The van der Waals surface area contributed by atoms with E-state index < -0.39 is 0 Å². The van der Waals surface area contributed by atoms with Gasteiger partial charge in [-0.3, -0.25) is 4.79 Å². The summed E-state index contributed by atoms with van der Waals surface area (Å²) in [4.78, 5) is 13.8. The topological polar surface area (TPSA) is 29.1 Å². The molecule has 2 aliphatic carbocycles. The molecule has 0 radical (unpaired) electrons. The van der Waals surface area contributed by atoms with Crippen LogP contribution in [-0.2, 0) is 4.79 Å². The summed E-state index contributed by atoms with van der Waals surface area (Å²) >= 11 is 0. The van der Waals surface area contributed by atoms with Gasteiger partial charge in [0.15, 0.2) is 0 Å². The van der Waals surface area contributed by atoms with E-state index in [1.807, 2.05) is 6.92 Å². The number of anilines is 1. The van der Waals surface area contributed by atoms with Gasteiger partial charge in [-0.1, -0.05) is 98.8 Å².